The molecule has 10 heteroatoms. The number of sulfonamides is 1. The second-order valence-corrected chi connectivity index (χ2v) is 8.21. The van der Waals surface area contributed by atoms with Crippen LogP contribution < -0.4 is 10.6 Å². The Morgan fingerprint density at radius 2 is 1.81 bits per heavy atom. The highest BCUT2D eigenvalue weighted by Crippen LogP contribution is 2.21. The molecule has 2 amide bonds. The number of benzene rings is 2. The van der Waals surface area contributed by atoms with Crippen molar-refractivity contribution in [2.24, 2.45) is 0 Å². The minimum absolute atomic E-state index is 0.0504. The largest absolute Gasteiger partial charge is 0.343 e. The van der Waals surface area contributed by atoms with Crippen molar-refractivity contribution < 1.29 is 22.4 Å². The molecule has 0 heterocycles. The Morgan fingerprint density at radius 3 is 2.48 bits per heavy atom. The van der Waals surface area contributed by atoms with E-state index in [1.165, 1.54) is 56.6 Å². The fourth-order valence-electron chi connectivity index (χ4n) is 2.07. The van der Waals surface area contributed by atoms with Gasteiger partial charge in [0.15, 0.2) is 5.82 Å². The van der Waals surface area contributed by atoms with Gasteiger partial charge in [0, 0.05) is 19.7 Å². The van der Waals surface area contributed by atoms with Crippen LogP contribution in [0.2, 0.25) is 5.02 Å². The Morgan fingerprint density at radius 1 is 1.15 bits per heavy atom. The summed E-state index contributed by atoms with van der Waals surface area (Å²) in [6, 6.07) is 9.54. The van der Waals surface area contributed by atoms with E-state index >= 15 is 0 Å². The summed E-state index contributed by atoms with van der Waals surface area (Å²) in [4.78, 5) is 24.0. The van der Waals surface area contributed by atoms with Crippen LogP contribution in [0, 0.1) is 5.82 Å². The van der Waals surface area contributed by atoms with Gasteiger partial charge in [0.25, 0.3) is 5.91 Å². The van der Waals surface area contributed by atoms with Crippen LogP contribution >= 0.6 is 11.6 Å². The molecule has 0 spiro atoms. The number of carbonyl (C=O) groups excluding carboxylic acids is 2. The molecule has 0 saturated carbocycles. The minimum Gasteiger partial charge on any atom is -0.343 e. The molecular formula is C17H17ClFN3O4S. The summed E-state index contributed by atoms with van der Waals surface area (Å²) < 4.78 is 39.0. The zero-order chi connectivity index (χ0) is 20.2. The molecule has 2 aromatic rings. The average Bonchev–Trinajstić information content (AvgIpc) is 2.63. The Hall–Kier alpha value is -2.49. The molecule has 144 valence electrons. The third kappa shape index (κ3) is 5.03. The monoisotopic (exact) mass is 413 g/mol. The smallest absolute Gasteiger partial charge is 0.251 e. The predicted octanol–water partition coefficient (Wildman–Crippen LogP) is 2.10. The third-order valence-electron chi connectivity index (χ3n) is 3.51. The first-order valence-electron chi connectivity index (χ1n) is 7.67. The maximum atomic E-state index is 13.8. The lowest BCUT2D eigenvalue weighted by atomic mass is 10.2. The number of amides is 2. The Labute approximate surface area is 161 Å². The standard InChI is InChI=1S/C17H17ClFN3O4S/c1-22(2)27(25,26)12-6-3-5-11(9-12)17(24)20-10-15(23)21-14-8-4-7-13(18)16(14)19/h3-9H,10H2,1-2H3,(H,20,24)(H,21,23). The van der Waals surface area contributed by atoms with E-state index in [0.29, 0.717) is 0 Å². The number of rotatable bonds is 6. The van der Waals surface area contributed by atoms with E-state index < -0.39 is 34.2 Å². The van der Waals surface area contributed by atoms with Gasteiger partial charge in [-0.2, -0.15) is 0 Å². The highest BCUT2D eigenvalue weighted by Gasteiger charge is 2.19. The van der Waals surface area contributed by atoms with E-state index in [2.05, 4.69) is 10.6 Å². The number of nitrogens with zero attached hydrogens (tertiary/aromatic N) is 1. The summed E-state index contributed by atoms with van der Waals surface area (Å²) in [7, 11) is -0.941. The molecule has 0 aliphatic rings. The maximum Gasteiger partial charge on any atom is 0.251 e. The second-order valence-electron chi connectivity index (χ2n) is 5.65. The normalized spacial score (nSPS) is 11.3. The molecule has 0 aliphatic heterocycles. The van der Waals surface area contributed by atoms with Crippen molar-refractivity contribution in [1.29, 1.82) is 0 Å². The lowest BCUT2D eigenvalue weighted by molar-refractivity contribution is -0.115. The van der Waals surface area contributed by atoms with Gasteiger partial charge in [-0.15, -0.1) is 0 Å². The molecule has 27 heavy (non-hydrogen) atoms. The van der Waals surface area contributed by atoms with Crippen LogP contribution in [-0.2, 0) is 14.8 Å². The van der Waals surface area contributed by atoms with Gasteiger partial charge in [0.2, 0.25) is 15.9 Å². The lowest BCUT2D eigenvalue weighted by Crippen LogP contribution is -2.33. The van der Waals surface area contributed by atoms with Gasteiger partial charge < -0.3 is 10.6 Å². The molecule has 2 aromatic carbocycles. The molecule has 0 aliphatic carbocycles. The quantitative estimate of drug-likeness (QED) is 0.758. The minimum atomic E-state index is -3.69. The van der Waals surface area contributed by atoms with Crippen molar-refractivity contribution in [3.63, 3.8) is 0 Å². The first-order valence-corrected chi connectivity index (χ1v) is 9.49. The highest BCUT2D eigenvalue weighted by atomic mass is 35.5. The van der Waals surface area contributed by atoms with Gasteiger partial charge in [-0.1, -0.05) is 23.7 Å². The molecule has 2 N–H and O–H groups in total. The number of halogens is 2. The molecule has 2 rings (SSSR count). The molecule has 0 aromatic heterocycles. The summed E-state index contributed by atoms with van der Waals surface area (Å²) in [6.07, 6.45) is 0. The summed E-state index contributed by atoms with van der Waals surface area (Å²) in [5.74, 6) is -2.09. The lowest BCUT2D eigenvalue weighted by Gasteiger charge is -2.12. The first kappa shape index (κ1) is 20.8. The Bertz CT molecular complexity index is 980. The Balaban J connectivity index is 2.04. The number of hydrogen-bond acceptors (Lipinski definition) is 4. The van der Waals surface area contributed by atoms with Crippen molar-refractivity contribution in [3.05, 3.63) is 58.9 Å². The van der Waals surface area contributed by atoms with Gasteiger partial charge in [-0.25, -0.2) is 17.1 Å². The van der Waals surface area contributed by atoms with Crippen LogP contribution in [0.15, 0.2) is 47.4 Å². The SMILES string of the molecule is CN(C)S(=O)(=O)c1cccc(C(=O)NCC(=O)Nc2cccc(Cl)c2F)c1. The third-order valence-corrected chi connectivity index (χ3v) is 5.61. The van der Waals surface area contributed by atoms with E-state index in [1.54, 1.807) is 0 Å². The fourth-order valence-corrected chi connectivity index (χ4v) is 3.19. The van der Waals surface area contributed by atoms with E-state index in [1.807, 2.05) is 0 Å². The molecule has 7 nitrogen and oxygen atoms in total. The van der Waals surface area contributed by atoms with Crippen LogP contribution in [0.4, 0.5) is 10.1 Å². The van der Waals surface area contributed by atoms with Gasteiger partial charge >= 0.3 is 0 Å². The zero-order valence-electron chi connectivity index (χ0n) is 14.5. The van der Waals surface area contributed by atoms with Gasteiger partial charge in [-0.05, 0) is 30.3 Å². The van der Waals surface area contributed by atoms with E-state index in [-0.39, 0.29) is 21.2 Å². The molecule has 0 unspecified atom stereocenters. The van der Waals surface area contributed by atoms with E-state index in [0.717, 1.165) is 4.31 Å². The topological polar surface area (TPSA) is 95.6 Å². The summed E-state index contributed by atoms with van der Waals surface area (Å²) in [6.45, 7) is -0.435. The van der Waals surface area contributed by atoms with E-state index in [4.69, 9.17) is 11.6 Å². The number of nitrogens with one attached hydrogen (secondary N) is 2. The van der Waals surface area contributed by atoms with E-state index in [9.17, 15) is 22.4 Å². The van der Waals surface area contributed by atoms with Crippen molar-refractivity contribution in [1.82, 2.24) is 9.62 Å². The molecule has 0 fully saturated rings. The fraction of sp³-hybridized carbons (Fsp3) is 0.176. The highest BCUT2D eigenvalue weighted by molar-refractivity contribution is 7.89. The van der Waals surface area contributed by atoms with Gasteiger partial charge in [0.1, 0.15) is 0 Å². The second kappa shape index (κ2) is 8.47. The first-order chi connectivity index (χ1) is 12.6. The van der Waals surface area contributed by atoms with Crippen molar-refractivity contribution in [2.75, 3.05) is 26.0 Å². The predicted molar refractivity (Wildman–Crippen MR) is 99.7 cm³/mol. The summed E-state index contributed by atoms with van der Waals surface area (Å²) >= 11 is 5.63. The number of anilines is 1. The molecule has 0 atom stereocenters. The molecule has 0 bridgehead atoms. The van der Waals surface area contributed by atoms with Crippen LogP contribution in [0.25, 0.3) is 0 Å². The summed E-state index contributed by atoms with van der Waals surface area (Å²) in [5, 5.41) is 4.50. The number of hydrogen-bond donors (Lipinski definition) is 2. The Kier molecular flexibility index (Phi) is 6.53. The molecule has 0 saturated heterocycles. The maximum absolute atomic E-state index is 13.8. The van der Waals surface area contributed by atoms with Crippen LogP contribution in [-0.4, -0.2) is 45.2 Å². The number of carbonyl (C=O) groups is 2. The molecule has 0 radical (unpaired) electrons. The van der Waals surface area contributed by atoms with Gasteiger partial charge in [-0.3, -0.25) is 9.59 Å². The molecular weight excluding hydrogens is 397 g/mol. The van der Waals surface area contributed by atoms with Gasteiger partial charge in [0.05, 0.1) is 22.2 Å². The average molecular weight is 414 g/mol. The van der Waals surface area contributed by atoms with Crippen LogP contribution in [0.5, 0.6) is 0 Å². The van der Waals surface area contributed by atoms with Crippen molar-refractivity contribution >= 4 is 39.1 Å². The zero-order valence-corrected chi connectivity index (χ0v) is 16.1. The van der Waals surface area contributed by atoms with Crippen molar-refractivity contribution in [2.45, 2.75) is 4.90 Å². The van der Waals surface area contributed by atoms with Crippen molar-refractivity contribution in [3.8, 4) is 0 Å². The van der Waals surface area contributed by atoms with Crippen LogP contribution in [0.3, 0.4) is 0 Å². The van der Waals surface area contributed by atoms with Crippen LogP contribution in [0.1, 0.15) is 10.4 Å². The summed E-state index contributed by atoms with van der Waals surface area (Å²) in [5.41, 5.74) is -0.0412.